The van der Waals surface area contributed by atoms with Crippen LogP contribution in [0.5, 0.6) is 0 Å². The predicted molar refractivity (Wildman–Crippen MR) is 108 cm³/mol. The molecule has 2 aromatic rings. The number of benzene rings is 2. The van der Waals surface area contributed by atoms with Crippen LogP contribution in [0.25, 0.3) is 0 Å². The molecular formula is C18H20ClFN2O3S2. The fourth-order valence-electron chi connectivity index (χ4n) is 2.43. The molecular weight excluding hydrogens is 411 g/mol. The summed E-state index contributed by atoms with van der Waals surface area (Å²) in [6.07, 6.45) is 0.944. The number of hydrogen-bond donors (Lipinski definition) is 1. The van der Waals surface area contributed by atoms with E-state index in [4.69, 9.17) is 11.6 Å². The highest BCUT2D eigenvalue weighted by Crippen LogP contribution is 2.24. The van der Waals surface area contributed by atoms with Crippen LogP contribution >= 0.6 is 23.4 Å². The lowest BCUT2D eigenvalue weighted by atomic mass is 10.2. The van der Waals surface area contributed by atoms with Crippen molar-refractivity contribution in [3.8, 4) is 0 Å². The molecule has 0 bridgehead atoms. The Balaban J connectivity index is 1.99. The lowest BCUT2D eigenvalue weighted by Crippen LogP contribution is -2.48. The molecule has 5 nitrogen and oxygen atoms in total. The summed E-state index contributed by atoms with van der Waals surface area (Å²) in [6.45, 7) is 1.76. The highest BCUT2D eigenvalue weighted by Gasteiger charge is 2.30. The Morgan fingerprint density at radius 2 is 1.85 bits per heavy atom. The summed E-state index contributed by atoms with van der Waals surface area (Å²) >= 11 is 7.36. The normalized spacial score (nSPS) is 12.4. The molecule has 0 fully saturated rings. The molecule has 1 atom stereocenters. The molecule has 0 aliphatic carbocycles. The van der Waals surface area contributed by atoms with E-state index in [1.807, 2.05) is 12.1 Å². The highest BCUT2D eigenvalue weighted by atomic mass is 35.5. The molecule has 9 heteroatoms. The lowest BCUT2D eigenvalue weighted by molar-refractivity contribution is -0.121. The molecule has 146 valence electrons. The van der Waals surface area contributed by atoms with Crippen molar-refractivity contribution >= 4 is 45.0 Å². The summed E-state index contributed by atoms with van der Waals surface area (Å²) in [5, 5.41) is 3.34. The van der Waals surface area contributed by atoms with Crippen molar-refractivity contribution in [2.75, 3.05) is 22.9 Å². The number of para-hydroxylation sites is 1. The van der Waals surface area contributed by atoms with Crippen LogP contribution < -0.4 is 9.62 Å². The maximum atomic E-state index is 14.1. The monoisotopic (exact) mass is 430 g/mol. The number of thioether (sulfide) groups is 1. The van der Waals surface area contributed by atoms with Crippen molar-refractivity contribution in [3.63, 3.8) is 0 Å². The van der Waals surface area contributed by atoms with E-state index in [0.717, 1.165) is 21.5 Å². The predicted octanol–water partition coefficient (Wildman–Crippen LogP) is 3.54. The number of sulfonamides is 1. The smallest absolute Gasteiger partial charge is 0.243 e. The average Bonchev–Trinajstić information content (AvgIpc) is 2.60. The standard InChI is InChI=1S/C18H20ClFN2O3S2/c1-13(22(27(2,24)25)17-6-4-3-5-16(17)20)18(23)21-11-12-26-15-9-7-14(19)8-10-15/h3-10,13H,11-12H2,1-2H3,(H,21,23)/t13-/m0/s1. The van der Waals surface area contributed by atoms with Gasteiger partial charge in [-0.1, -0.05) is 23.7 Å². The van der Waals surface area contributed by atoms with Gasteiger partial charge in [-0.25, -0.2) is 12.8 Å². The first-order valence-corrected chi connectivity index (χ1v) is 11.3. The van der Waals surface area contributed by atoms with E-state index in [1.165, 1.54) is 36.9 Å². The zero-order valence-corrected chi connectivity index (χ0v) is 17.2. The van der Waals surface area contributed by atoms with Crippen molar-refractivity contribution in [3.05, 3.63) is 59.4 Å². The topological polar surface area (TPSA) is 66.5 Å². The van der Waals surface area contributed by atoms with E-state index in [-0.39, 0.29) is 5.69 Å². The number of amides is 1. The summed E-state index contributed by atoms with van der Waals surface area (Å²) in [6, 6.07) is 11.7. The van der Waals surface area contributed by atoms with Gasteiger partial charge in [-0.3, -0.25) is 9.10 Å². The minimum Gasteiger partial charge on any atom is -0.353 e. The van der Waals surface area contributed by atoms with Crippen molar-refractivity contribution in [2.45, 2.75) is 17.9 Å². The van der Waals surface area contributed by atoms with Crippen molar-refractivity contribution in [1.29, 1.82) is 0 Å². The van der Waals surface area contributed by atoms with E-state index < -0.39 is 27.8 Å². The summed E-state index contributed by atoms with van der Waals surface area (Å²) in [7, 11) is -3.85. The summed E-state index contributed by atoms with van der Waals surface area (Å²) < 4.78 is 39.1. The minimum absolute atomic E-state index is 0.154. The van der Waals surface area contributed by atoms with E-state index in [1.54, 1.807) is 12.1 Å². The number of carbonyl (C=O) groups is 1. The van der Waals surface area contributed by atoms with E-state index in [2.05, 4.69) is 5.32 Å². The third kappa shape index (κ3) is 6.12. The summed E-state index contributed by atoms with van der Waals surface area (Å²) in [4.78, 5) is 13.4. The molecule has 0 aliphatic heterocycles. The Morgan fingerprint density at radius 1 is 1.22 bits per heavy atom. The van der Waals surface area contributed by atoms with Gasteiger partial charge in [0.05, 0.1) is 11.9 Å². The SMILES string of the molecule is C[C@@H](C(=O)NCCSc1ccc(Cl)cc1)N(c1ccccc1F)S(C)(=O)=O. The van der Waals surface area contributed by atoms with Crippen LogP contribution in [0.4, 0.5) is 10.1 Å². The number of hydrogen-bond acceptors (Lipinski definition) is 4. The minimum atomic E-state index is -3.85. The molecule has 0 unspecified atom stereocenters. The van der Waals surface area contributed by atoms with Crippen LogP contribution in [0.2, 0.25) is 5.02 Å². The molecule has 0 aromatic heterocycles. The lowest BCUT2D eigenvalue weighted by Gasteiger charge is -2.28. The van der Waals surface area contributed by atoms with Crippen LogP contribution in [0.15, 0.2) is 53.4 Å². The van der Waals surface area contributed by atoms with Crippen molar-refractivity contribution in [2.24, 2.45) is 0 Å². The van der Waals surface area contributed by atoms with E-state index in [0.29, 0.717) is 17.3 Å². The van der Waals surface area contributed by atoms with Crippen LogP contribution in [-0.2, 0) is 14.8 Å². The Labute approximate surface area is 168 Å². The average molecular weight is 431 g/mol. The van der Waals surface area contributed by atoms with Gasteiger partial charge >= 0.3 is 0 Å². The first kappa shape index (κ1) is 21.5. The second kappa shape index (κ2) is 9.43. The van der Waals surface area contributed by atoms with Crippen molar-refractivity contribution in [1.82, 2.24) is 5.32 Å². The van der Waals surface area contributed by atoms with Gasteiger partial charge in [-0.2, -0.15) is 0 Å². The van der Waals surface area contributed by atoms with Crippen LogP contribution in [0.3, 0.4) is 0 Å². The quantitative estimate of drug-likeness (QED) is 0.513. The van der Waals surface area contributed by atoms with Gasteiger partial charge in [0.2, 0.25) is 15.9 Å². The molecule has 2 aromatic carbocycles. The van der Waals surface area contributed by atoms with Crippen LogP contribution in [0, 0.1) is 5.82 Å². The Morgan fingerprint density at radius 3 is 2.44 bits per heavy atom. The second-order valence-electron chi connectivity index (χ2n) is 5.78. The molecule has 0 aliphatic rings. The fourth-order valence-corrected chi connectivity index (χ4v) is 4.50. The van der Waals surface area contributed by atoms with Gasteiger partial charge < -0.3 is 5.32 Å². The largest absolute Gasteiger partial charge is 0.353 e. The molecule has 0 saturated heterocycles. The zero-order chi connectivity index (χ0) is 20.0. The van der Waals surface area contributed by atoms with Gasteiger partial charge in [0.1, 0.15) is 11.9 Å². The summed E-state index contributed by atoms with van der Waals surface area (Å²) in [5.41, 5.74) is -0.154. The second-order valence-corrected chi connectivity index (χ2v) is 9.24. The number of halogens is 2. The summed E-state index contributed by atoms with van der Waals surface area (Å²) in [5.74, 6) is -0.611. The molecule has 1 amide bonds. The van der Waals surface area contributed by atoms with Gasteiger partial charge in [-0.05, 0) is 43.3 Å². The molecule has 27 heavy (non-hydrogen) atoms. The fraction of sp³-hybridized carbons (Fsp3) is 0.278. The Hall–Kier alpha value is -1.77. The maximum Gasteiger partial charge on any atom is 0.243 e. The number of nitrogens with zero attached hydrogens (tertiary/aromatic N) is 1. The van der Waals surface area contributed by atoms with Gasteiger partial charge in [0.25, 0.3) is 0 Å². The Kier molecular flexibility index (Phi) is 7.52. The highest BCUT2D eigenvalue weighted by molar-refractivity contribution is 7.99. The van der Waals surface area contributed by atoms with Gasteiger partial charge in [-0.15, -0.1) is 11.8 Å². The number of rotatable bonds is 8. The molecule has 0 spiro atoms. The third-order valence-electron chi connectivity index (χ3n) is 3.66. The molecule has 0 saturated carbocycles. The third-order valence-corrected chi connectivity index (χ3v) is 6.16. The van der Waals surface area contributed by atoms with E-state index >= 15 is 0 Å². The zero-order valence-electron chi connectivity index (χ0n) is 14.9. The number of anilines is 1. The van der Waals surface area contributed by atoms with Crippen LogP contribution in [-0.4, -0.2) is 38.9 Å². The maximum absolute atomic E-state index is 14.1. The molecule has 0 radical (unpaired) electrons. The first-order valence-electron chi connectivity index (χ1n) is 8.10. The molecule has 0 heterocycles. The van der Waals surface area contributed by atoms with Gasteiger partial charge in [0, 0.05) is 22.2 Å². The van der Waals surface area contributed by atoms with E-state index in [9.17, 15) is 17.6 Å². The molecule has 2 rings (SSSR count). The Bertz CT molecular complexity index is 892. The van der Waals surface area contributed by atoms with Gasteiger partial charge in [0.15, 0.2) is 0 Å². The van der Waals surface area contributed by atoms with Crippen molar-refractivity contribution < 1.29 is 17.6 Å². The molecule has 1 N–H and O–H groups in total. The number of nitrogens with one attached hydrogen (secondary N) is 1. The number of carbonyl (C=O) groups excluding carboxylic acids is 1. The first-order chi connectivity index (χ1) is 12.7. The van der Waals surface area contributed by atoms with Crippen LogP contribution in [0.1, 0.15) is 6.92 Å².